The fourth-order valence-corrected chi connectivity index (χ4v) is 2.19. The Morgan fingerprint density at radius 1 is 1.32 bits per heavy atom. The van der Waals surface area contributed by atoms with Gasteiger partial charge >= 0.3 is 0 Å². The fourth-order valence-electron chi connectivity index (χ4n) is 2.19. The Morgan fingerprint density at radius 3 is 2.59 bits per heavy atom. The summed E-state index contributed by atoms with van der Waals surface area (Å²) in [4.78, 5) is 25.6. The minimum Gasteiger partial charge on any atom is -0.494 e. The predicted molar refractivity (Wildman–Crippen MR) is 85.1 cm³/mol. The number of hydrogen-bond acceptors (Lipinski definition) is 5. The van der Waals surface area contributed by atoms with E-state index in [1.54, 1.807) is 25.1 Å². The number of anilines is 2. The minimum absolute atomic E-state index is 0.117. The van der Waals surface area contributed by atoms with Crippen LogP contribution >= 0.6 is 0 Å². The second kappa shape index (κ2) is 5.85. The largest absolute Gasteiger partial charge is 0.494 e. The zero-order valence-electron chi connectivity index (χ0n) is 12.6. The van der Waals surface area contributed by atoms with E-state index in [2.05, 4.69) is 0 Å². The molecule has 1 aliphatic carbocycles. The molecule has 0 heterocycles. The van der Waals surface area contributed by atoms with Crippen molar-refractivity contribution in [2.24, 2.45) is 0 Å². The number of carbonyl (C=O) groups is 2. The highest BCUT2D eigenvalue weighted by Crippen LogP contribution is 2.33. The molecular formula is C16H17N3O3. The van der Waals surface area contributed by atoms with Crippen LogP contribution in [0.5, 0.6) is 5.75 Å². The Hall–Kier alpha value is -2.89. The second-order valence-electron chi connectivity index (χ2n) is 4.92. The maximum atomic E-state index is 12.2. The summed E-state index contributed by atoms with van der Waals surface area (Å²) >= 11 is 0. The second-order valence-corrected chi connectivity index (χ2v) is 4.92. The summed E-state index contributed by atoms with van der Waals surface area (Å²) < 4.78 is 5.25. The average Bonchev–Trinajstić information content (AvgIpc) is 2.45. The van der Waals surface area contributed by atoms with Crippen molar-refractivity contribution >= 4 is 28.8 Å². The first kappa shape index (κ1) is 15.5. The summed E-state index contributed by atoms with van der Waals surface area (Å²) in [7, 11) is 1.46. The molecule has 2 rings (SSSR count). The van der Waals surface area contributed by atoms with Crippen molar-refractivity contribution in [2.75, 3.05) is 17.7 Å². The highest BCUT2D eigenvalue weighted by molar-refractivity contribution is 6.24. The third-order valence-electron chi connectivity index (χ3n) is 3.31. The van der Waals surface area contributed by atoms with Gasteiger partial charge in [-0.3, -0.25) is 14.5 Å². The number of nitrogens with zero attached hydrogens (tertiary/aromatic N) is 1. The van der Waals surface area contributed by atoms with E-state index in [-0.39, 0.29) is 23.1 Å². The van der Waals surface area contributed by atoms with Crippen LogP contribution in [0.25, 0.3) is 0 Å². The molecule has 1 aromatic carbocycles. The van der Waals surface area contributed by atoms with Crippen molar-refractivity contribution in [2.45, 2.75) is 13.8 Å². The summed E-state index contributed by atoms with van der Waals surface area (Å²) in [6, 6.07) is 4.80. The van der Waals surface area contributed by atoms with Crippen LogP contribution in [-0.4, -0.2) is 24.5 Å². The van der Waals surface area contributed by atoms with E-state index in [9.17, 15) is 9.59 Å². The maximum Gasteiger partial charge on any atom is 0.228 e. The van der Waals surface area contributed by atoms with Crippen molar-refractivity contribution in [1.29, 1.82) is 5.41 Å². The third-order valence-corrected chi connectivity index (χ3v) is 3.31. The van der Waals surface area contributed by atoms with Crippen LogP contribution in [0.1, 0.15) is 13.8 Å². The highest BCUT2D eigenvalue weighted by atomic mass is 16.5. The van der Waals surface area contributed by atoms with Crippen LogP contribution in [0.3, 0.4) is 0 Å². The van der Waals surface area contributed by atoms with E-state index in [1.807, 2.05) is 0 Å². The van der Waals surface area contributed by atoms with Crippen molar-refractivity contribution in [3.63, 3.8) is 0 Å². The number of carbonyl (C=O) groups excluding carboxylic acids is 2. The van der Waals surface area contributed by atoms with Crippen LogP contribution in [0, 0.1) is 5.41 Å². The van der Waals surface area contributed by atoms with Gasteiger partial charge in [-0.1, -0.05) is 0 Å². The van der Waals surface area contributed by atoms with E-state index in [1.165, 1.54) is 31.1 Å². The van der Waals surface area contributed by atoms with Crippen molar-refractivity contribution in [1.82, 2.24) is 0 Å². The standard InChI is InChI=1S/C16H17N3O3/c1-9-6-15(21)14(8-12(9)18)19(10(2)20)13-5-4-11(17)7-16(13)22-3/h4-8,18H,17H2,1-3H3. The van der Waals surface area contributed by atoms with Gasteiger partial charge in [0.2, 0.25) is 11.7 Å². The number of rotatable bonds is 3. The number of benzene rings is 1. The number of ketones is 1. The Balaban J connectivity index is 2.58. The first-order chi connectivity index (χ1) is 10.3. The zero-order valence-corrected chi connectivity index (χ0v) is 12.6. The first-order valence-electron chi connectivity index (χ1n) is 6.62. The normalized spacial score (nSPS) is 14.3. The van der Waals surface area contributed by atoms with Gasteiger partial charge in [-0.15, -0.1) is 0 Å². The number of amides is 1. The summed E-state index contributed by atoms with van der Waals surface area (Å²) in [5.74, 6) is -0.312. The van der Waals surface area contributed by atoms with E-state index >= 15 is 0 Å². The number of methoxy groups -OCH3 is 1. The molecular weight excluding hydrogens is 282 g/mol. The predicted octanol–water partition coefficient (Wildman–Crippen LogP) is 2.06. The lowest BCUT2D eigenvalue weighted by Crippen LogP contribution is -2.33. The molecule has 1 aromatic rings. The highest BCUT2D eigenvalue weighted by Gasteiger charge is 2.27. The molecule has 114 valence electrons. The molecule has 0 radical (unpaired) electrons. The number of hydrogen-bond donors (Lipinski definition) is 2. The molecule has 0 bridgehead atoms. The number of nitrogen functional groups attached to an aromatic ring is 1. The van der Waals surface area contributed by atoms with Gasteiger partial charge in [0.25, 0.3) is 0 Å². The summed E-state index contributed by atoms with van der Waals surface area (Å²) in [6.45, 7) is 3.02. The number of allylic oxidation sites excluding steroid dienone is 3. The van der Waals surface area contributed by atoms with Gasteiger partial charge < -0.3 is 15.9 Å². The fraction of sp³-hybridized carbons (Fsp3) is 0.188. The maximum absolute atomic E-state index is 12.2. The quantitative estimate of drug-likeness (QED) is 0.659. The Bertz CT molecular complexity index is 732. The molecule has 0 unspecified atom stereocenters. The zero-order chi connectivity index (χ0) is 16.4. The van der Waals surface area contributed by atoms with Crippen LogP contribution in [-0.2, 0) is 9.59 Å². The minimum atomic E-state index is -0.358. The van der Waals surface area contributed by atoms with E-state index in [0.717, 1.165) is 0 Å². The van der Waals surface area contributed by atoms with Gasteiger partial charge in [-0.25, -0.2) is 0 Å². The lowest BCUT2D eigenvalue weighted by atomic mass is 10.0. The summed E-state index contributed by atoms with van der Waals surface area (Å²) in [5.41, 5.74) is 7.47. The molecule has 0 atom stereocenters. The smallest absolute Gasteiger partial charge is 0.228 e. The molecule has 1 aliphatic rings. The van der Waals surface area contributed by atoms with E-state index in [0.29, 0.717) is 22.7 Å². The molecule has 0 aliphatic heterocycles. The number of ether oxygens (including phenoxy) is 1. The Labute approximate surface area is 128 Å². The molecule has 0 fully saturated rings. The molecule has 22 heavy (non-hydrogen) atoms. The number of nitrogens with one attached hydrogen (secondary N) is 1. The first-order valence-corrected chi connectivity index (χ1v) is 6.62. The molecule has 0 saturated carbocycles. The van der Waals surface area contributed by atoms with E-state index in [4.69, 9.17) is 15.9 Å². The Morgan fingerprint density at radius 2 is 2.00 bits per heavy atom. The van der Waals surface area contributed by atoms with Gasteiger partial charge in [-0.2, -0.15) is 0 Å². The molecule has 6 heteroatoms. The van der Waals surface area contributed by atoms with Gasteiger partial charge in [0.1, 0.15) is 5.75 Å². The molecule has 3 N–H and O–H groups in total. The van der Waals surface area contributed by atoms with E-state index < -0.39 is 0 Å². The average molecular weight is 299 g/mol. The monoisotopic (exact) mass is 299 g/mol. The van der Waals surface area contributed by atoms with Gasteiger partial charge in [0.05, 0.1) is 24.2 Å². The summed E-state index contributed by atoms with van der Waals surface area (Å²) in [6.07, 6.45) is 2.73. The number of nitrogens with two attached hydrogens (primary N) is 1. The van der Waals surface area contributed by atoms with Crippen LogP contribution in [0.4, 0.5) is 11.4 Å². The van der Waals surface area contributed by atoms with Crippen LogP contribution < -0.4 is 15.4 Å². The van der Waals surface area contributed by atoms with Gasteiger partial charge in [-0.05, 0) is 36.8 Å². The molecule has 0 aromatic heterocycles. The SMILES string of the molecule is COc1cc(N)ccc1N(C(C)=O)C1=CC(=N)C(C)=CC1=O. The molecule has 0 saturated heterocycles. The van der Waals surface area contributed by atoms with Gasteiger partial charge in [0.15, 0.2) is 0 Å². The van der Waals surface area contributed by atoms with Crippen LogP contribution in [0.2, 0.25) is 0 Å². The lowest BCUT2D eigenvalue weighted by Gasteiger charge is -2.26. The van der Waals surface area contributed by atoms with Crippen LogP contribution in [0.15, 0.2) is 41.6 Å². The van der Waals surface area contributed by atoms with Crippen molar-refractivity contribution < 1.29 is 14.3 Å². The Kier molecular flexibility index (Phi) is 4.12. The topological polar surface area (TPSA) is 96.5 Å². The molecule has 0 spiro atoms. The lowest BCUT2D eigenvalue weighted by molar-refractivity contribution is -0.118. The molecule has 6 nitrogen and oxygen atoms in total. The molecule has 1 amide bonds. The van der Waals surface area contributed by atoms with Crippen molar-refractivity contribution in [3.8, 4) is 5.75 Å². The summed E-state index contributed by atoms with van der Waals surface area (Å²) in [5, 5.41) is 7.86. The van der Waals surface area contributed by atoms with Crippen molar-refractivity contribution in [3.05, 3.63) is 41.6 Å². The van der Waals surface area contributed by atoms with Gasteiger partial charge in [0, 0.05) is 18.7 Å². The third kappa shape index (κ3) is 2.76.